The molecule has 1 amide bonds. The predicted octanol–water partition coefficient (Wildman–Crippen LogP) is 5.08. The molecule has 0 radical (unpaired) electrons. The van der Waals surface area contributed by atoms with Crippen molar-refractivity contribution in [3.8, 4) is 0 Å². The molecule has 2 aromatic rings. The minimum absolute atomic E-state index is 0.0314. The summed E-state index contributed by atoms with van der Waals surface area (Å²) in [6.45, 7) is 4.04. The van der Waals surface area contributed by atoms with E-state index in [1.165, 1.54) is 5.56 Å². The van der Waals surface area contributed by atoms with Gasteiger partial charge in [-0.25, -0.2) is 4.79 Å². The minimum Gasteiger partial charge on any atom is -0.441 e. The van der Waals surface area contributed by atoms with Gasteiger partial charge in [-0.1, -0.05) is 36.4 Å². The van der Waals surface area contributed by atoms with Crippen LogP contribution in [0.1, 0.15) is 62.6 Å². The lowest BCUT2D eigenvalue weighted by atomic mass is 9.80. The SMILES string of the molecule is CC1(C)OC(=O)N([C@H]2CC[C@H](c3cccnc3)CC2)[C@H]1c1ccccc1. The number of carbonyl (C=O) groups is 1. The first-order chi connectivity index (χ1) is 12.6. The van der Waals surface area contributed by atoms with Crippen LogP contribution in [0, 0.1) is 0 Å². The molecule has 1 aromatic heterocycles. The predicted molar refractivity (Wildman–Crippen MR) is 101 cm³/mol. The van der Waals surface area contributed by atoms with E-state index in [-0.39, 0.29) is 18.2 Å². The number of ether oxygens (including phenoxy) is 1. The van der Waals surface area contributed by atoms with Gasteiger partial charge >= 0.3 is 6.09 Å². The van der Waals surface area contributed by atoms with Gasteiger partial charge in [0.1, 0.15) is 5.60 Å². The standard InChI is InChI=1S/C22H26N2O2/c1-22(2)20(17-7-4-3-5-8-17)24(21(25)26-22)19-12-10-16(11-13-19)18-9-6-14-23-15-18/h3-9,14-16,19-20H,10-13H2,1-2H3/t16-,19-,20-/m0/s1. The molecule has 1 aliphatic heterocycles. The van der Waals surface area contributed by atoms with Crippen molar-refractivity contribution < 1.29 is 9.53 Å². The lowest BCUT2D eigenvalue weighted by Gasteiger charge is -2.38. The Hall–Kier alpha value is -2.36. The smallest absolute Gasteiger partial charge is 0.411 e. The summed E-state index contributed by atoms with van der Waals surface area (Å²) < 4.78 is 5.77. The number of aromatic nitrogens is 1. The number of hydrogen-bond donors (Lipinski definition) is 0. The van der Waals surface area contributed by atoms with Crippen molar-refractivity contribution in [3.63, 3.8) is 0 Å². The van der Waals surface area contributed by atoms with Gasteiger partial charge in [-0.15, -0.1) is 0 Å². The Morgan fingerprint density at radius 1 is 1.00 bits per heavy atom. The quantitative estimate of drug-likeness (QED) is 0.775. The second kappa shape index (κ2) is 6.75. The van der Waals surface area contributed by atoms with E-state index in [0.717, 1.165) is 31.2 Å². The summed E-state index contributed by atoms with van der Waals surface area (Å²) in [7, 11) is 0. The molecule has 2 heterocycles. The maximum absolute atomic E-state index is 12.7. The van der Waals surface area contributed by atoms with Gasteiger partial charge in [-0.2, -0.15) is 0 Å². The Morgan fingerprint density at radius 3 is 2.35 bits per heavy atom. The Balaban J connectivity index is 1.54. The van der Waals surface area contributed by atoms with Gasteiger partial charge in [0.05, 0.1) is 6.04 Å². The highest BCUT2D eigenvalue weighted by atomic mass is 16.6. The molecule has 1 saturated carbocycles. The first-order valence-corrected chi connectivity index (χ1v) is 9.52. The van der Waals surface area contributed by atoms with Crippen LogP contribution in [-0.4, -0.2) is 27.6 Å². The fraction of sp³-hybridized carbons (Fsp3) is 0.455. The molecule has 0 spiro atoms. The number of rotatable bonds is 3. The number of nitrogens with zero attached hydrogens (tertiary/aromatic N) is 2. The van der Waals surface area contributed by atoms with Crippen molar-refractivity contribution in [3.05, 3.63) is 66.0 Å². The number of pyridine rings is 1. The summed E-state index contributed by atoms with van der Waals surface area (Å²) in [5.74, 6) is 0.543. The molecule has 136 valence electrons. The Bertz CT molecular complexity index is 752. The molecule has 4 heteroatoms. The van der Waals surface area contributed by atoms with Gasteiger partial charge in [0.2, 0.25) is 0 Å². The third-order valence-electron chi connectivity index (χ3n) is 5.86. The first-order valence-electron chi connectivity index (χ1n) is 9.52. The molecule has 26 heavy (non-hydrogen) atoms. The van der Waals surface area contributed by atoms with Gasteiger partial charge < -0.3 is 4.74 Å². The van der Waals surface area contributed by atoms with Gasteiger partial charge in [0, 0.05) is 18.4 Å². The van der Waals surface area contributed by atoms with E-state index >= 15 is 0 Å². The molecular formula is C22H26N2O2. The number of amides is 1. The number of benzene rings is 1. The number of hydrogen-bond acceptors (Lipinski definition) is 3. The lowest BCUT2D eigenvalue weighted by molar-refractivity contribution is 0.0664. The van der Waals surface area contributed by atoms with Crippen LogP contribution in [0.25, 0.3) is 0 Å². The average Bonchev–Trinajstić information content (AvgIpc) is 2.91. The van der Waals surface area contributed by atoms with E-state index in [2.05, 4.69) is 23.2 Å². The summed E-state index contributed by atoms with van der Waals surface area (Å²) in [6, 6.07) is 14.7. The van der Waals surface area contributed by atoms with Crippen LogP contribution in [-0.2, 0) is 4.74 Å². The zero-order chi connectivity index (χ0) is 18.1. The fourth-order valence-electron chi connectivity index (χ4n) is 4.64. The van der Waals surface area contributed by atoms with E-state index in [4.69, 9.17) is 4.74 Å². The van der Waals surface area contributed by atoms with Crippen LogP contribution in [0.4, 0.5) is 4.79 Å². The van der Waals surface area contributed by atoms with Crippen LogP contribution in [0.3, 0.4) is 0 Å². The van der Waals surface area contributed by atoms with Crippen molar-refractivity contribution in [2.75, 3.05) is 0 Å². The molecule has 4 rings (SSSR count). The maximum atomic E-state index is 12.7. The lowest BCUT2D eigenvalue weighted by Crippen LogP contribution is -2.42. The largest absolute Gasteiger partial charge is 0.441 e. The molecule has 0 unspecified atom stereocenters. The van der Waals surface area contributed by atoms with Crippen molar-refractivity contribution in [1.29, 1.82) is 0 Å². The zero-order valence-electron chi connectivity index (χ0n) is 15.5. The summed E-state index contributed by atoms with van der Waals surface area (Å²) in [5, 5.41) is 0. The number of carbonyl (C=O) groups excluding carboxylic acids is 1. The van der Waals surface area contributed by atoms with Crippen LogP contribution >= 0.6 is 0 Å². The summed E-state index contributed by atoms with van der Waals surface area (Å²) in [4.78, 5) is 19.0. The zero-order valence-corrected chi connectivity index (χ0v) is 15.5. The second-order valence-corrected chi connectivity index (χ2v) is 7.98. The average molecular weight is 350 g/mol. The van der Waals surface area contributed by atoms with Gasteiger partial charge in [0.25, 0.3) is 0 Å². The molecule has 1 atom stereocenters. The molecule has 0 N–H and O–H groups in total. The van der Waals surface area contributed by atoms with Crippen LogP contribution in [0.15, 0.2) is 54.9 Å². The van der Waals surface area contributed by atoms with Crippen LogP contribution < -0.4 is 0 Å². The fourth-order valence-corrected chi connectivity index (χ4v) is 4.64. The van der Waals surface area contributed by atoms with E-state index < -0.39 is 5.60 Å². The molecule has 2 aliphatic rings. The summed E-state index contributed by atoms with van der Waals surface area (Å²) >= 11 is 0. The summed E-state index contributed by atoms with van der Waals surface area (Å²) in [5.41, 5.74) is 1.95. The highest BCUT2D eigenvalue weighted by Gasteiger charge is 2.51. The molecule has 4 nitrogen and oxygen atoms in total. The van der Waals surface area contributed by atoms with Gasteiger partial charge in [-0.3, -0.25) is 9.88 Å². The molecule has 1 aliphatic carbocycles. The van der Waals surface area contributed by atoms with E-state index in [0.29, 0.717) is 5.92 Å². The molecular weight excluding hydrogens is 324 g/mol. The van der Waals surface area contributed by atoms with Crippen molar-refractivity contribution >= 4 is 6.09 Å². The topological polar surface area (TPSA) is 42.4 Å². The molecule has 2 fully saturated rings. The monoisotopic (exact) mass is 350 g/mol. The first kappa shape index (κ1) is 17.1. The van der Waals surface area contributed by atoms with Crippen LogP contribution in [0.2, 0.25) is 0 Å². The third kappa shape index (κ3) is 3.09. The highest BCUT2D eigenvalue weighted by molar-refractivity contribution is 5.72. The van der Waals surface area contributed by atoms with E-state index in [1.807, 2.05) is 55.4 Å². The summed E-state index contributed by atoms with van der Waals surface area (Å²) in [6.07, 6.45) is 7.81. The van der Waals surface area contributed by atoms with Gasteiger partial charge in [-0.05, 0) is 62.6 Å². The Morgan fingerprint density at radius 2 is 1.69 bits per heavy atom. The van der Waals surface area contributed by atoms with E-state index in [1.54, 1.807) is 0 Å². The van der Waals surface area contributed by atoms with Crippen molar-refractivity contribution in [1.82, 2.24) is 9.88 Å². The highest BCUT2D eigenvalue weighted by Crippen LogP contribution is 2.45. The Labute approximate surface area is 155 Å². The van der Waals surface area contributed by atoms with Crippen molar-refractivity contribution in [2.45, 2.75) is 63.1 Å². The Kier molecular flexibility index (Phi) is 4.43. The molecule has 0 bridgehead atoms. The van der Waals surface area contributed by atoms with Gasteiger partial charge in [0.15, 0.2) is 0 Å². The normalized spacial score (nSPS) is 28.0. The van der Waals surface area contributed by atoms with Crippen LogP contribution in [0.5, 0.6) is 0 Å². The van der Waals surface area contributed by atoms with E-state index in [9.17, 15) is 4.79 Å². The second-order valence-electron chi connectivity index (χ2n) is 7.98. The molecule has 1 saturated heterocycles. The third-order valence-corrected chi connectivity index (χ3v) is 5.86. The maximum Gasteiger partial charge on any atom is 0.411 e. The number of cyclic esters (lactones) is 1. The minimum atomic E-state index is -0.515. The van der Waals surface area contributed by atoms with Crippen molar-refractivity contribution in [2.24, 2.45) is 0 Å². The molecule has 1 aromatic carbocycles.